The molecule has 2 heterocycles. The second-order valence-corrected chi connectivity index (χ2v) is 6.36. The van der Waals surface area contributed by atoms with Gasteiger partial charge in [0.05, 0.1) is 23.6 Å². The minimum atomic E-state index is -0.686. The molecule has 2 rings (SSSR count). The number of β-amino-alcohol motifs (C(OH)–C–C–N with tert-alkyl or cyclic N) is 1. The van der Waals surface area contributed by atoms with Crippen LogP contribution in [-0.4, -0.2) is 34.6 Å². The van der Waals surface area contributed by atoms with Crippen LogP contribution in [0.1, 0.15) is 40.4 Å². The molecule has 4 heteroatoms. The van der Waals surface area contributed by atoms with Crippen molar-refractivity contribution in [1.82, 2.24) is 4.90 Å². The average molecular weight is 253 g/mol. The van der Waals surface area contributed by atoms with Crippen LogP contribution in [0.2, 0.25) is 0 Å². The van der Waals surface area contributed by atoms with Gasteiger partial charge in [0.25, 0.3) is 5.91 Å². The highest BCUT2D eigenvalue weighted by Gasteiger charge is 2.40. The fourth-order valence-electron chi connectivity index (χ4n) is 2.22. The molecular formula is C13H19NO2S. The predicted octanol–water partition coefficient (Wildman–Crippen LogP) is 2.22. The molecule has 1 aromatic rings. The van der Waals surface area contributed by atoms with E-state index in [1.54, 1.807) is 23.2 Å². The monoisotopic (exact) mass is 253 g/mol. The molecule has 0 saturated carbocycles. The number of hydrogen-bond acceptors (Lipinski definition) is 3. The van der Waals surface area contributed by atoms with E-state index < -0.39 is 5.60 Å². The summed E-state index contributed by atoms with van der Waals surface area (Å²) in [5.41, 5.74) is 0.599. The molecule has 0 spiro atoms. The third-order valence-electron chi connectivity index (χ3n) is 3.10. The number of nitrogens with zero attached hydrogens (tertiary/aromatic N) is 1. The van der Waals surface area contributed by atoms with Gasteiger partial charge in [-0.05, 0) is 31.9 Å². The minimum Gasteiger partial charge on any atom is -0.386 e. The molecule has 1 fully saturated rings. The Morgan fingerprint density at radius 2 is 2.24 bits per heavy atom. The average Bonchev–Trinajstić information content (AvgIpc) is 2.56. The molecule has 1 saturated heterocycles. The van der Waals surface area contributed by atoms with Crippen molar-refractivity contribution in [1.29, 1.82) is 0 Å². The maximum absolute atomic E-state index is 12.1. The Balaban J connectivity index is 2.08. The fraction of sp³-hybridized carbons (Fsp3) is 0.615. The van der Waals surface area contributed by atoms with E-state index in [1.807, 2.05) is 6.07 Å². The molecule has 17 heavy (non-hydrogen) atoms. The maximum Gasteiger partial charge on any atom is 0.264 e. The van der Waals surface area contributed by atoms with Crippen molar-refractivity contribution in [2.45, 2.75) is 39.2 Å². The quantitative estimate of drug-likeness (QED) is 0.897. The van der Waals surface area contributed by atoms with Gasteiger partial charge in [0, 0.05) is 4.88 Å². The molecule has 0 unspecified atom stereocenters. The van der Waals surface area contributed by atoms with E-state index in [-0.39, 0.29) is 5.91 Å². The maximum atomic E-state index is 12.1. The van der Waals surface area contributed by atoms with Crippen LogP contribution in [0.5, 0.6) is 0 Å². The number of aliphatic hydroxyl groups is 1. The number of carbonyl (C=O) groups is 1. The number of aryl methyl sites for hydroxylation is 2. The van der Waals surface area contributed by atoms with E-state index in [1.165, 1.54) is 10.4 Å². The van der Waals surface area contributed by atoms with Gasteiger partial charge >= 0.3 is 0 Å². The van der Waals surface area contributed by atoms with E-state index in [9.17, 15) is 9.90 Å². The Bertz CT molecular complexity index is 429. The van der Waals surface area contributed by atoms with Gasteiger partial charge in [-0.3, -0.25) is 4.79 Å². The Kier molecular flexibility index (Phi) is 3.27. The summed E-state index contributed by atoms with van der Waals surface area (Å²) < 4.78 is 0. The second-order valence-electron chi connectivity index (χ2n) is 5.10. The smallest absolute Gasteiger partial charge is 0.264 e. The highest BCUT2D eigenvalue weighted by molar-refractivity contribution is 7.14. The molecule has 3 nitrogen and oxygen atoms in total. The van der Waals surface area contributed by atoms with Crippen LogP contribution in [0.4, 0.5) is 0 Å². The van der Waals surface area contributed by atoms with Crippen LogP contribution in [0.15, 0.2) is 6.07 Å². The van der Waals surface area contributed by atoms with Gasteiger partial charge < -0.3 is 10.0 Å². The first-order valence-electron chi connectivity index (χ1n) is 6.04. The number of carbonyl (C=O) groups excluding carboxylic acids is 1. The summed E-state index contributed by atoms with van der Waals surface area (Å²) in [6.07, 6.45) is 2.14. The highest BCUT2D eigenvalue weighted by atomic mass is 32.1. The summed E-state index contributed by atoms with van der Waals surface area (Å²) in [5, 5.41) is 9.63. The summed E-state index contributed by atoms with van der Waals surface area (Å²) in [6, 6.07) is 2.01. The van der Waals surface area contributed by atoms with Crippen molar-refractivity contribution >= 4 is 17.2 Å². The van der Waals surface area contributed by atoms with Crippen molar-refractivity contribution in [2.24, 2.45) is 0 Å². The molecule has 1 aliphatic heterocycles. The lowest BCUT2D eigenvalue weighted by Gasteiger charge is -2.43. The Labute approximate surface area is 106 Å². The molecule has 0 radical (unpaired) electrons. The van der Waals surface area contributed by atoms with E-state index >= 15 is 0 Å². The topological polar surface area (TPSA) is 40.5 Å². The highest BCUT2D eigenvalue weighted by Crippen LogP contribution is 2.28. The third-order valence-corrected chi connectivity index (χ3v) is 4.18. The van der Waals surface area contributed by atoms with E-state index in [0.717, 1.165) is 17.7 Å². The standard InChI is InChI=1S/C13H19NO2S/c1-4-5-10-6-11(17-9(10)2)12(15)14-7-13(3,16)8-14/h6,16H,4-5,7-8H2,1-3H3. The first-order chi connectivity index (χ1) is 7.93. The molecule has 1 amide bonds. The van der Waals surface area contributed by atoms with Crippen LogP contribution in [0, 0.1) is 6.92 Å². The molecule has 0 aliphatic carbocycles. The molecule has 1 aliphatic rings. The lowest BCUT2D eigenvalue weighted by atomic mass is 9.97. The summed E-state index contributed by atoms with van der Waals surface area (Å²) in [5.74, 6) is 0.0620. The normalized spacial score (nSPS) is 18.0. The van der Waals surface area contributed by atoms with Crippen LogP contribution < -0.4 is 0 Å². The lowest BCUT2D eigenvalue weighted by molar-refractivity contribution is -0.0667. The zero-order chi connectivity index (χ0) is 12.6. The number of amides is 1. The number of rotatable bonds is 3. The number of thiophene rings is 1. The van der Waals surface area contributed by atoms with Gasteiger partial charge in [-0.25, -0.2) is 0 Å². The molecular weight excluding hydrogens is 234 g/mol. The van der Waals surface area contributed by atoms with Gasteiger partial charge in [0.2, 0.25) is 0 Å². The lowest BCUT2D eigenvalue weighted by Crippen LogP contribution is -2.61. The molecule has 0 atom stereocenters. The zero-order valence-electron chi connectivity index (χ0n) is 10.6. The van der Waals surface area contributed by atoms with Crippen LogP contribution in [-0.2, 0) is 6.42 Å². The van der Waals surface area contributed by atoms with Crippen molar-refractivity contribution in [3.63, 3.8) is 0 Å². The summed E-state index contributed by atoms with van der Waals surface area (Å²) in [7, 11) is 0. The van der Waals surface area contributed by atoms with Gasteiger partial charge in [0.15, 0.2) is 0 Å². The zero-order valence-corrected chi connectivity index (χ0v) is 11.4. The van der Waals surface area contributed by atoms with Crippen LogP contribution >= 0.6 is 11.3 Å². The predicted molar refractivity (Wildman–Crippen MR) is 69.6 cm³/mol. The van der Waals surface area contributed by atoms with E-state index in [2.05, 4.69) is 13.8 Å². The molecule has 0 bridgehead atoms. The Morgan fingerprint density at radius 1 is 1.59 bits per heavy atom. The molecule has 0 aromatic carbocycles. The minimum absolute atomic E-state index is 0.0620. The van der Waals surface area contributed by atoms with Gasteiger partial charge in [-0.1, -0.05) is 13.3 Å². The van der Waals surface area contributed by atoms with Crippen LogP contribution in [0.25, 0.3) is 0 Å². The first-order valence-corrected chi connectivity index (χ1v) is 6.85. The largest absolute Gasteiger partial charge is 0.386 e. The first kappa shape index (κ1) is 12.6. The fourth-order valence-corrected chi connectivity index (χ4v) is 3.26. The van der Waals surface area contributed by atoms with E-state index in [0.29, 0.717) is 13.1 Å². The van der Waals surface area contributed by atoms with Gasteiger partial charge in [0.1, 0.15) is 0 Å². The molecule has 1 aromatic heterocycles. The van der Waals surface area contributed by atoms with Crippen molar-refractivity contribution in [3.8, 4) is 0 Å². The third kappa shape index (κ3) is 2.53. The van der Waals surface area contributed by atoms with Crippen molar-refractivity contribution in [3.05, 3.63) is 21.4 Å². The van der Waals surface area contributed by atoms with Crippen molar-refractivity contribution < 1.29 is 9.90 Å². The van der Waals surface area contributed by atoms with E-state index in [4.69, 9.17) is 0 Å². The number of hydrogen-bond donors (Lipinski definition) is 1. The van der Waals surface area contributed by atoms with Gasteiger partial charge in [-0.15, -0.1) is 11.3 Å². The molecule has 1 N–H and O–H groups in total. The summed E-state index contributed by atoms with van der Waals surface area (Å²) in [6.45, 7) is 6.88. The van der Waals surface area contributed by atoms with Crippen molar-refractivity contribution in [2.75, 3.05) is 13.1 Å². The SMILES string of the molecule is CCCc1cc(C(=O)N2CC(C)(O)C2)sc1C. The second kappa shape index (κ2) is 4.42. The number of likely N-dealkylation sites (tertiary alicyclic amines) is 1. The summed E-state index contributed by atoms with van der Waals surface area (Å²) >= 11 is 1.57. The summed E-state index contributed by atoms with van der Waals surface area (Å²) in [4.78, 5) is 15.9. The van der Waals surface area contributed by atoms with Gasteiger partial charge in [-0.2, -0.15) is 0 Å². The molecule has 94 valence electrons. The Hall–Kier alpha value is -0.870. The van der Waals surface area contributed by atoms with Crippen LogP contribution in [0.3, 0.4) is 0 Å². The Morgan fingerprint density at radius 3 is 2.76 bits per heavy atom.